The monoisotopic (exact) mass is 257 g/mol. The molecule has 1 unspecified atom stereocenters. The van der Waals surface area contributed by atoms with Crippen molar-refractivity contribution in [3.8, 4) is 0 Å². The van der Waals surface area contributed by atoms with E-state index in [4.69, 9.17) is 10.2 Å². The Hall–Kier alpha value is -0.580. The molecule has 0 radical (unpaired) electrons. The first-order chi connectivity index (χ1) is 6.27. The summed E-state index contributed by atoms with van der Waals surface area (Å²) < 4.78 is 6.29. The Morgan fingerprint density at radius 3 is 2.92 bits per heavy atom. The third kappa shape index (κ3) is 1.85. The minimum Gasteiger partial charge on any atom is -0.467 e. The van der Waals surface area contributed by atoms with Crippen molar-refractivity contribution in [3.63, 3.8) is 0 Å². The molecular weight excluding hydrogens is 250 g/mol. The van der Waals surface area contributed by atoms with Crippen LogP contribution in [0.15, 0.2) is 38.7 Å². The van der Waals surface area contributed by atoms with E-state index in [2.05, 4.69) is 15.9 Å². The summed E-state index contributed by atoms with van der Waals surface area (Å²) >= 11 is 5.01. The first-order valence-corrected chi connectivity index (χ1v) is 5.47. The molecule has 0 spiro atoms. The SMILES string of the molecule is NC(c1ccco1)c1cc(Br)cs1. The molecule has 0 bridgehead atoms. The molecule has 0 saturated carbocycles. The van der Waals surface area contributed by atoms with Crippen molar-refractivity contribution in [3.05, 3.63) is 45.0 Å². The first-order valence-electron chi connectivity index (χ1n) is 3.80. The summed E-state index contributed by atoms with van der Waals surface area (Å²) in [5, 5.41) is 2.01. The number of furan rings is 1. The second-order valence-corrected chi connectivity index (χ2v) is 4.52. The number of halogens is 1. The van der Waals surface area contributed by atoms with Crippen LogP contribution < -0.4 is 5.73 Å². The lowest BCUT2D eigenvalue weighted by Gasteiger charge is -2.04. The van der Waals surface area contributed by atoms with Crippen molar-refractivity contribution in [1.82, 2.24) is 0 Å². The van der Waals surface area contributed by atoms with E-state index in [1.165, 1.54) is 0 Å². The Bertz CT molecular complexity index is 382. The van der Waals surface area contributed by atoms with E-state index in [1.807, 2.05) is 23.6 Å². The highest BCUT2D eigenvalue weighted by molar-refractivity contribution is 9.10. The summed E-state index contributed by atoms with van der Waals surface area (Å²) in [7, 11) is 0. The molecule has 2 rings (SSSR count). The maximum atomic E-state index is 5.97. The van der Waals surface area contributed by atoms with Crippen molar-refractivity contribution in [2.24, 2.45) is 5.73 Å². The van der Waals surface area contributed by atoms with E-state index < -0.39 is 0 Å². The van der Waals surface area contributed by atoms with Crippen LogP contribution in [0.2, 0.25) is 0 Å². The van der Waals surface area contributed by atoms with Crippen LogP contribution in [-0.2, 0) is 0 Å². The lowest BCUT2D eigenvalue weighted by molar-refractivity contribution is 0.492. The van der Waals surface area contributed by atoms with Gasteiger partial charge in [0.25, 0.3) is 0 Å². The van der Waals surface area contributed by atoms with Gasteiger partial charge in [-0.15, -0.1) is 11.3 Å². The number of thiophene rings is 1. The lowest BCUT2D eigenvalue weighted by atomic mass is 10.2. The van der Waals surface area contributed by atoms with Gasteiger partial charge in [0.2, 0.25) is 0 Å². The molecule has 0 aliphatic carbocycles. The summed E-state index contributed by atoms with van der Waals surface area (Å²) in [4.78, 5) is 1.10. The minimum absolute atomic E-state index is 0.147. The number of rotatable bonds is 2. The Kier molecular flexibility index (Phi) is 2.53. The zero-order valence-electron chi connectivity index (χ0n) is 6.74. The zero-order chi connectivity index (χ0) is 9.26. The van der Waals surface area contributed by atoms with Crippen LogP contribution in [0.4, 0.5) is 0 Å². The van der Waals surface area contributed by atoms with Gasteiger partial charge in [0.15, 0.2) is 0 Å². The second kappa shape index (κ2) is 3.65. The number of nitrogens with two attached hydrogens (primary N) is 1. The Balaban J connectivity index is 2.28. The van der Waals surface area contributed by atoms with Crippen LogP contribution in [0, 0.1) is 0 Å². The minimum atomic E-state index is -0.147. The van der Waals surface area contributed by atoms with Gasteiger partial charge < -0.3 is 10.2 Å². The first kappa shape index (κ1) is 8.99. The molecule has 2 nitrogen and oxygen atoms in total. The van der Waals surface area contributed by atoms with Gasteiger partial charge >= 0.3 is 0 Å². The fourth-order valence-electron chi connectivity index (χ4n) is 1.10. The standard InChI is InChI=1S/C9H8BrNOS/c10-6-4-8(13-5-6)9(11)7-2-1-3-12-7/h1-5,9H,11H2. The Morgan fingerprint density at radius 2 is 2.38 bits per heavy atom. The third-order valence-electron chi connectivity index (χ3n) is 1.74. The largest absolute Gasteiger partial charge is 0.467 e. The van der Waals surface area contributed by atoms with Crippen LogP contribution in [-0.4, -0.2) is 0 Å². The van der Waals surface area contributed by atoms with Gasteiger partial charge in [-0.25, -0.2) is 0 Å². The van der Waals surface area contributed by atoms with E-state index >= 15 is 0 Å². The Morgan fingerprint density at radius 1 is 1.54 bits per heavy atom. The van der Waals surface area contributed by atoms with Crippen LogP contribution >= 0.6 is 27.3 Å². The Labute approximate surface area is 88.5 Å². The topological polar surface area (TPSA) is 39.2 Å². The van der Waals surface area contributed by atoms with Crippen LogP contribution in [0.1, 0.15) is 16.7 Å². The predicted octanol–water partition coefficient (Wildman–Crippen LogP) is 3.15. The van der Waals surface area contributed by atoms with Crippen molar-refractivity contribution < 1.29 is 4.42 Å². The average Bonchev–Trinajstić information content (AvgIpc) is 2.72. The van der Waals surface area contributed by atoms with Crippen LogP contribution in [0.5, 0.6) is 0 Å². The predicted molar refractivity (Wildman–Crippen MR) is 56.8 cm³/mol. The molecule has 0 amide bonds. The van der Waals surface area contributed by atoms with Crippen molar-refractivity contribution >= 4 is 27.3 Å². The van der Waals surface area contributed by atoms with E-state index in [9.17, 15) is 0 Å². The summed E-state index contributed by atoms with van der Waals surface area (Å²) in [6.07, 6.45) is 1.64. The lowest BCUT2D eigenvalue weighted by Crippen LogP contribution is -2.08. The van der Waals surface area contributed by atoms with Gasteiger partial charge in [0.05, 0.1) is 12.3 Å². The molecule has 0 fully saturated rings. The van der Waals surface area contributed by atoms with Crippen molar-refractivity contribution in [2.75, 3.05) is 0 Å². The zero-order valence-corrected chi connectivity index (χ0v) is 9.14. The van der Waals surface area contributed by atoms with Gasteiger partial charge in [-0.05, 0) is 34.1 Å². The van der Waals surface area contributed by atoms with Crippen molar-refractivity contribution in [2.45, 2.75) is 6.04 Å². The van der Waals surface area contributed by atoms with E-state index in [-0.39, 0.29) is 6.04 Å². The molecule has 2 aromatic heterocycles. The quantitative estimate of drug-likeness (QED) is 0.898. The van der Waals surface area contributed by atoms with Crippen LogP contribution in [0.3, 0.4) is 0 Å². The molecule has 0 aliphatic heterocycles. The molecule has 0 aromatic carbocycles. The van der Waals surface area contributed by atoms with Gasteiger partial charge in [0, 0.05) is 14.7 Å². The van der Waals surface area contributed by atoms with Gasteiger partial charge in [-0.1, -0.05) is 0 Å². The second-order valence-electron chi connectivity index (χ2n) is 2.66. The highest BCUT2D eigenvalue weighted by Crippen LogP contribution is 2.28. The smallest absolute Gasteiger partial charge is 0.125 e. The molecule has 2 N–H and O–H groups in total. The highest BCUT2D eigenvalue weighted by Gasteiger charge is 2.12. The summed E-state index contributed by atoms with van der Waals surface area (Å²) in [5.41, 5.74) is 5.97. The fourth-order valence-corrected chi connectivity index (χ4v) is 2.55. The molecule has 2 aromatic rings. The van der Waals surface area contributed by atoms with E-state index in [0.29, 0.717) is 0 Å². The maximum Gasteiger partial charge on any atom is 0.125 e. The number of hydrogen-bond donors (Lipinski definition) is 1. The summed E-state index contributed by atoms with van der Waals surface area (Å²) in [6.45, 7) is 0. The van der Waals surface area contributed by atoms with Crippen molar-refractivity contribution in [1.29, 1.82) is 0 Å². The molecule has 0 aliphatic rings. The third-order valence-corrected chi connectivity index (χ3v) is 3.52. The molecule has 4 heteroatoms. The highest BCUT2D eigenvalue weighted by atomic mass is 79.9. The maximum absolute atomic E-state index is 5.97. The summed E-state index contributed by atoms with van der Waals surface area (Å²) in [5.74, 6) is 0.800. The summed E-state index contributed by atoms with van der Waals surface area (Å²) in [6, 6.07) is 5.60. The van der Waals surface area contributed by atoms with Gasteiger partial charge in [-0.3, -0.25) is 0 Å². The normalized spacial score (nSPS) is 13.1. The average molecular weight is 258 g/mol. The molecule has 1 atom stereocenters. The fraction of sp³-hybridized carbons (Fsp3) is 0.111. The molecular formula is C9H8BrNOS. The molecule has 68 valence electrons. The molecule has 2 heterocycles. The van der Waals surface area contributed by atoms with Crippen LogP contribution in [0.25, 0.3) is 0 Å². The van der Waals surface area contributed by atoms with E-state index in [0.717, 1.165) is 15.1 Å². The number of hydrogen-bond acceptors (Lipinski definition) is 3. The van der Waals surface area contributed by atoms with Gasteiger partial charge in [0.1, 0.15) is 5.76 Å². The van der Waals surface area contributed by atoms with E-state index in [1.54, 1.807) is 17.6 Å². The molecule has 0 saturated heterocycles. The van der Waals surface area contributed by atoms with Gasteiger partial charge in [-0.2, -0.15) is 0 Å². The molecule has 13 heavy (non-hydrogen) atoms.